The van der Waals surface area contributed by atoms with Crippen LogP contribution in [0.15, 0.2) is 36.7 Å². The number of aromatic nitrogens is 3. The molecule has 2 heterocycles. The van der Waals surface area contributed by atoms with E-state index in [4.69, 9.17) is 5.73 Å². The molecule has 2 aromatic heterocycles. The Morgan fingerprint density at radius 2 is 2.05 bits per heavy atom. The predicted octanol–water partition coefficient (Wildman–Crippen LogP) is 2.43. The third-order valence-corrected chi connectivity index (χ3v) is 3.16. The van der Waals surface area contributed by atoms with E-state index in [0.717, 1.165) is 29.0 Å². The number of nitrogens with zero attached hydrogens (tertiary/aromatic N) is 2. The molecule has 3 rings (SSSR count). The maximum Gasteiger partial charge on any atom is 0.105 e. The van der Waals surface area contributed by atoms with Crippen molar-refractivity contribution in [1.29, 1.82) is 0 Å². The van der Waals surface area contributed by atoms with Crippen LogP contribution in [0.25, 0.3) is 22.3 Å². The summed E-state index contributed by atoms with van der Waals surface area (Å²) in [5, 5.41) is 1.20. The third-order valence-electron chi connectivity index (χ3n) is 3.16. The van der Waals surface area contributed by atoms with Gasteiger partial charge in [-0.2, -0.15) is 0 Å². The van der Waals surface area contributed by atoms with Crippen LogP contribution in [0, 0.1) is 6.92 Å². The van der Waals surface area contributed by atoms with Crippen LogP contribution in [0.2, 0.25) is 0 Å². The number of nitrogens with one attached hydrogen (secondary N) is 1. The molecule has 3 aromatic rings. The second kappa shape index (κ2) is 4.82. The molecule has 0 saturated heterocycles. The lowest BCUT2D eigenvalue weighted by molar-refractivity contribution is 0.909. The van der Waals surface area contributed by atoms with E-state index in [9.17, 15) is 0 Å². The van der Waals surface area contributed by atoms with Crippen molar-refractivity contribution >= 4 is 10.9 Å². The number of hydrogen-bond donors (Lipinski definition) is 2. The summed E-state index contributed by atoms with van der Waals surface area (Å²) in [6, 6.07) is 8.45. The van der Waals surface area contributed by atoms with Crippen molar-refractivity contribution in [1.82, 2.24) is 15.0 Å². The molecule has 0 amide bonds. The van der Waals surface area contributed by atoms with Gasteiger partial charge in [0.25, 0.3) is 0 Å². The van der Waals surface area contributed by atoms with Gasteiger partial charge in [-0.1, -0.05) is 11.6 Å². The van der Waals surface area contributed by atoms with Crippen LogP contribution in [-0.2, 0) is 6.42 Å². The van der Waals surface area contributed by atoms with Gasteiger partial charge in [-0.3, -0.25) is 9.97 Å². The molecule has 19 heavy (non-hydrogen) atoms. The predicted molar refractivity (Wildman–Crippen MR) is 76.8 cm³/mol. The monoisotopic (exact) mass is 252 g/mol. The lowest BCUT2D eigenvalue weighted by atomic mass is 10.2. The van der Waals surface area contributed by atoms with Crippen molar-refractivity contribution in [2.45, 2.75) is 13.3 Å². The third kappa shape index (κ3) is 2.35. The Morgan fingerprint density at radius 1 is 1.16 bits per heavy atom. The summed E-state index contributed by atoms with van der Waals surface area (Å²) in [5.41, 5.74) is 10.7. The standard InChI is InChI=1S/C15H16N4/c1-10-2-3-13-11(6-10)7-14(19-13)15-9-17-12(4-5-16)8-18-15/h2-3,6-9,19H,4-5,16H2,1H3. The zero-order valence-corrected chi connectivity index (χ0v) is 10.9. The molecule has 0 bridgehead atoms. The summed E-state index contributed by atoms with van der Waals surface area (Å²) in [4.78, 5) is 12.2. The maximum absolute atomic E-state index is 5.50. The Hall–Kier alpha value is -2.20. The van der Waals surface area contributed by atoms with Crippen molar-refractivity contribution in [3.63, 3.8) is 0 Å². The second-order valence-corrected chi connectivity index (χ2v) is 4.71. The number of fused-ring (bicyclic) bond motifs is 1. The molecule has 0 fully saturated rings. The molecular weight excluding hydrogens is 236 g/mol. The first-order valence-electron chi connectivity index (χ1n) is 6.37. The van der Waals surface area contributed by atoms with Crippen LogP contribution in [0.5, 0.6) is 0 Å². The number of aromatic amines is 1. The molecule has 1 aromatic carbocycles. The zero-order chi connectivity index (χ0) is 13.2. The summed E-state index contributed by atoms with van der Waals surface area (Å²) < 4.78 is 0. The maximum atomic E-state index is 5.50. The lowest BCUT2D eigenvalue weighted by Gasteiger charge is -1.99. The second-order valence-electron chi connectivity index (χ2n) is 4.71. The Balaban J connectivity index is 1.99. The fourth-order valence-corrected chi connectivity index (χ4v) is 2.16. The van der Waals surface area contributed by atoms with Gasteiger partial charge < -0.3 is 10.7 Å². The normalized spacial score (nSPS) is 11.1. The summed E-state index contributed by atoms with van der Waals surface area (Å²) >= 11 is 0. The highest BCUT2D eigenvalue weighted by molar-refractivity contribution is 5.85. The Bertz CT molecular complexity index is 698. The molecule has 0 aliphatic rings. The van der Waals surface area contributed by atoms with Gasteiger partial charge in [0.1, 0.15) is 5.69 Å². The Kier molecular flexibility index (Phi) is 3.01. The average Bonchev–Trinajstić information content (AvgIpc) is 2.83. The van der Waals surface area contributed by atoms with E-state index in [2.05, 4.69) is 46.1 Å². The molecule has 0 spiro atoms. The number of rotatable bonds is 3. The SMILES string of the molecule is Cc1ccc2[nH]c(-c3cnc(CCN)cn3)cc2c1. The van der Waals surface area contributed by atoms with Gasteiger partial charge in [-0.05, 0) is 31.7 Å². The van der Waals surface area contributed by atoms with Gasteiger partial charge in [-0.25, -0.2) is 0 Å². The molecule has 0 aliphatic heterocycles. The molecule has 0 unspecified atom stereocenters. The number of aryl methyl sites for hydroxylation is 1. The highest BCUT2D eigenvalue weighted by Crippen LogP contribution is 2.23. The van der Waals surface area contributed by atoms with Crippen molar-refractivity contribution in [3.8, 4) is 11.4 Å². The summed E-state index contributed by atoms with van der Waals surface area (Å²) in [7, 11) is 0. The van der Waals surface area contributed by atoms with Crippen LogP contribution in [0.1, 0.15) is 11.3 Å². The first kappa shape index (κ1) is 11.9. The zero-order valence-electron chi connectivity index (χ0n) is 10.9. The van der Waals surface area contributed by atoms with Gasteiger partial charge >= 0.3 is 0 Å². The first-order chi connectivity index (χ1) is 9.26. The van der Waals surface area contributed by atoms with Crippen molar-refractivity contribution in [2.75, 3.05) is 6.54 Å². The van der Waals surface area contributed by atoms with E-state index >= 15 is 0 Å². The number of hydrogen-bond acceptors (Lipinski definition) is 3. The highest BCUT2D eigenvalue weighted by atomic mass is 14.8. The topological polar surface area (TPSA) is 67.6 Å². The number of nitrogens with two attached hydrogens (primary N) is 1. The molecule has 0 radical (unpaired) electrons. The highest BCUT2D eigenvalue weighted by Gasteiger charge is 2.05. The fourth-order valence-electron chi connectivity index (χ4n) is 2.16. The van der Waals surface area contributed by atoms with Gasteiger partial charge in [0.05, 0.1) is 17.6 Å². The molecule has 96 valence electrons. The van der Waals surface area contributed by atoms with E-state index in [0.29, 0.717) is 6.54 Å². The number of benzene rings is 1. The Morgan fingerprint density at radius 3 is 2.79 bits per heavy atom. The van der Waals surface area contributed by atoms with E-state index in [1.54, 1.807) is 12.4 Å². The fraction of sp³-hybridized carbons (Fsp3) is 0.200. The molecule has 0 atom stereocenters. The molecule has 0 aliphatic carbocycles. The summed E-state index contributed by atoms with van der Waals surface area (Å²) in [5.74, 6) is 0. The van der Waals surface area contributed by atoms with Crippen LogP contribution in [0.4, 0.5) is 0 Å². The van der Waals surface area contributed by atoms with Gasteiger partial charge in [0, 0.05) is 23.5 Å². The minimum atomic E-state index is 0.597. The molecule has 3 N–H and O–H groups in total. The van der Waals surface area contributed by atoms with Crippen LogP contribution < -0.4 is 5.73 Å². The average molecular weight is 252 g/mol. The van der Waals surface area contributed by atoms with Crippen LogP contribution >= 0.6 is 0 Å². The lowest BCUT2D eigenvalue weighted by Crippen LogP contribution is -2.04. The van der Waals surface area contributed by atoms with E-state index in [1.165, 1.54) is 10.9 Å². The van der Waals surface area contributed by atoms with E-state index in [1.807, 2.05) is 0 Å². The smallest absolute Gasteiger partial charge is 0.105 e. The van der Waals surface area contributed by atoms with Crippen molar-refractivity contribution in [2.24, 2.45) is 5.73 Å². The minimum absolute atomic E-state index is 0.597. The summed E-state index contributed by atoms with van der Waals surface area (Å²) in [6.07, 6.45) is 4.35. The minimum Gasteiger partial charge on any atom is -0.353 e. The van der Waals surface area contributed by atoms with Crippen LogP contribution in [0.3, 0.4) is 0 Å². The van der Waals surface area contributed by atoms with E-state index < -0.39 is 0 Å². The number of H-pyrrole nitrogens is 1. The Labute approximate surface area is 111 Å². The largest absolute Gasteiger partial charge is 0.353 e. The van der Waals surface area contributed by atoms with E-state index in [-0.39, 0.29) is 0 Å². The quantitative estimate of drug-likeness (QED) is 0.752. The van der Waals surface area contributed by atoms with Gasteiger partial charge in [0.15, 0.2) is 0 Å². The van der Waals surface area contributed by atoms with Gasteiger partial charge in [0.2, 0.25) is 0 Å². The van der Waals surface area contributed by atoms with Gasteiger partial charge in [-0.15, -0.1) is 0 Å². The summed E-state index contributed by atoms with van der Waals surface area (Å²) in [6.45, 7) is 2.69. The van der Waals surface area contributed by atoms with Crippen molar-refractivity contribution in [3.05, 3.63) is 47.9 Å². The molecule has 0 saturated carbocycles. The van der Waals surface area contributed by atoms with Crippen LogP contribution in [-0.4, -0.2) is 21.5 Å². The first-order valence-corrected chi connectivity index (χ1v) is 6.37. The van der Waals surface area contributed by atoms with Crippen molar-refractivity contribution < 1.29 is 0 Å². The molecule has 4 nitrogen and oxygen atoms in total. The molecular formula is C15H16N4. The molecule has 4 heteroatoms.